The number of benzene rings is 1. The van der Waals surface area contributed by atoms with Gasteiger partial charge >= 0.3 is 0 Å². The van der Waals surface area contributed by atoms with Crippen molar-refractivity contribution in [2.45, 2.75) is 39.7 Å². The number of rotatable bonds is 8. The molecule has 0 bridgehead atoms. The molecule has 0 spiro atoms. The van der Waals surface area contributed by atoms with Gasteiger partial charge in [0.05, 0.1) is 18.9 Å². The second-order valence-corrected chi connectivity index (χ2v) is 7.13. The van der Waals surface area contributed by atoms with E-state index in [4.69, 9.17) is 9.72 Å². The molecule has 4 heteroatoms. The van der Waals surface area contributed by atoms with E-state index in [0.717, 1.165) is 50.9 Å². The first-order chi connectivity index (χ1) is 12.7. The molecule has 4 nitrogen and oxygen atoms in total. The summed E-state index contributed by atoms with van der Waals surface area (Å²) in [4.78, 5) is 7.25. The molecule has 1 saturated heterocycles. The van der Waals surface area contributed by atoms with E-state index in [-0.39, 0.29) is 0 Å². The maximum atomic E-state index is 5.42. The average Bonchev–Trinajstić information content (AvgIpc) is 2.66. The van der Waals surface area contributed by atoms with Crippen LogP contribution in [0.1, 0.15) is 37.3 Å². The lowest BCUT2D eigenvalue weighted by molar-refractivity contribution is 0.0342. The van der Waals surface area contributed by atoms with Crippen molar-refractivity contribution in [1.82, 2.24) is 9.88 Å². The summed E-state index contributed by atoms with van der Waals surface area (Å²) in [5, 5.41) is 3.47. The average molecular weight is 354 g/mol. The molecular weight excluding hydrogens is 322 g/mol. The van der Waals surface area contributed by atoms with E-state index in [0.29, 0.717) is 0 Å². The van der Waals surface area contributed by atoms with Gasteiger partial charge in [0, 0.05) is 31.7 Å². The van der Waals surface area contributed by atoms with Crippen LogP contribution in [0.5, 0.6) is 0 Å². The summed E-state index contributed by atoms with van der Waals surface area (Å²) >= 11 is 0. The van der Waals surface area contributed by atoms with Gasteiger partial charge in [0.2, 0.25) is 0 Å². The maximum Gasteiger partial charge on any atom is 0.126 e. The molecule has 0 amide bonds. The summed E-state index contributed by atoms with van der Waals surface area (Å²) in [6.45, 7) is 10.1. The van der Waals surface area contributed by atoms with Crippen LogP contribution in [0.2, 0.25) is 0 Å². The predicted octanol–water partition coefficient (Wildman–Crippen LogP) is 4.49. The molecule has 1 aliphatic heterocycles. The van der Waals surface area contributed by atoms with E-state index >= 15 is 0 Å². The molecule has 1 N–H and O–H groups in total. The van der Waals surface area contributed by atoms with Gasteiger partial charge in [0.15, 0.2) is 0 Å². The van der Waals surface area contributed by atoms with E-state index < -0.39 is 0 Å². The maximum absolute atomic E-state index is 5.42. The van der Waals surface area contributed by atoms with E-state index in [9.17, 15) is 0 Å². The Kier molecular flexibility index (Phi) is 7.04. The lowest BCUT2D eigenvalue weighted by Crippen LogP contribution is -2.35. The van der Waals surface area contributed by atoms with Crippen LogP contribution in [-0.4, -0.2) is 42.7 Å². The number of nitrogens with one attached hydrogen (secondary N) is 1. The quantitative estimate of drug-likeness (QED) is 0.710. The third-order valence-corrected chi connectivity index (χ3v) is 4.82. The molecule has 1 aliphatic rings. The molecule has 140 valence electrons. The molecule has 1 aromatic carbocycles. The smallest absolute Gasteiger partial charge is 0.126 e. The zero-order valence-electron chi connectivity index (χ0n) is 16.1. The number of morpholine rings is 1. The van der Waals surface area contributed by atoms with Crippen molar-refractivity contribution >= 4 is 5.82 Å². The standard InChI is InChI=1S/C22H31N3O/c1-3-4-5-10-23-22-16-18(2)15-21(24-22)20-8-6-19(7-9-20)17-25-11-13-26-14-12-25/h6-9,15-16H,3-5,10-14,17H2,1-2H3,(H,23,24). The minimum Gasteiger partial charge on any atom is -0.379 e. The number of nitrogens with zero attached hydrogens (tertiary/aromatic N) is 2. The van der Waals surface area contributed by atoms with Crippen LogP contribution in [0, 0.1) is 6.92 Å². The monoisotopic (exact) mass is 353 g/mol. The molecule has 0 saturated carbocycles. The van der Waals surface area contributed by atoms with Crippen molar-refractivity contribution in [2.75, 3.05) is 38.2 Å². The van der Waals surface area contributed by atoms with Crippen molar-refractivity contribution < 1.29 is 4.74 Å². The number of anilines is 1. The van der Waals surface area contributed by atoms with Gasteiger partial charge in [-0.15, -0.1) is 0 Å². The zero-order chi connectivity index (χ0) is 18.2. The second kappa shape index (κ2) is 9.70. The first-order valence-corrected chi connectivity index (χ1v) is 9.86. The van der Waals surface area contributed by atoms with Gasteiger partial charge in [0.1, 0.15) is 5.82 Å². The molecular formula is C22H31N3O. The van der Waals surface area contributed by atoms with Gasteiger partial charge in [-0.2, -0.15) is 0 Å². The zero-order valence-corrected chi connectivity index (χ0v) is 16.1. The molecule has 1 fully saturated rings. The molecule has 0 aliphatic carbocycles. The van der Waals surface area contributed by atoms with Gasteiger partial charge in [-0.25, -0.2) is 4.98 Å². The molecule has 1 aromatic heterocycles. The van der Waals surface area contributed by atoms with Crippen LogP contribution in [0.15, 0.2) is 36.4 Å². The number of pyridine rings is 1. The van der Waals surface area contributed by atoms with Gasteiger partial charge < -0.3 is 10.1 Å². The minimum atomic E-state index is 0.847. The van der Waals surface area contributed by atoms with Crippen LogP contribution in [0.3, 0.4) is 0 Å². The summed E-state index contributed by atoms with van der Waals surface area (Å²) in [6, 6.07) is 13.1. The third-order valence-electron chi connectivity index (χ3n) is 4.82. The fourth-order valence-corrected chi connectivity index (χ4v) is 3.30. The molecule has 2 heterocycles. The van der Waals surface area contributed by atoms with Gasteiger partial charge in [-0.3, -0.25) is 4.90 Å². The second-order valence-electron chi connectivity index (χ2n) is 7.13. The van der Waals surface area contributed by atoms with E-state index in [1.54, 1.807) is 0 Å². The predicted molar refractivity (Wildman–Crippen MR) is 109 cm³/mol. The SMILES string of the molecule is CCCCCNc1cc(C)cc(-c2ccc(CN3CCOCC3)cc2)n1. The normalized spacial score (nSPS) is 15.2. The Morgan fingerprint density at radius 2 is 1.85 bits per heavy atom. The number of hydrogen-bond donors (Lipinski definition) is 1. The first kappa shape index (κ1) is 18.9. The summed E-state index contributed by atoms with van der Waals surface area (Å²) in [6.07, 6.45) is 3.69. The van der Waals surface area contributed by atoms with Crippen molar-refractivity contribution in [3.05, 3.63) is 47.5 Å². The molecule has 3 rings (SSSR count). The first-order valence-electron chi connectivity index (χ1n) is 9.86. The van der Waals surface area contributed by atoms with E-state index in [2.05, 4.69) is 60.5 Å². The van der Waals surface area contributed by atoms with Gasteiger partial charge in [-0.05, 0) is 36.6 Å². The van der Waals surface area contributed by atoms with Gasteiger partial charge in [0.25, 0.3) is 0 Å². The Labute approximate surface area is 157 Å². The molecule has 0 atom stereocenters. The van der Waals surface area contributed by atoms with Crippen molar-refractivity contribution in [2.24, 2.45) is 0 Å². The van der Waals surface area contributed by atoms with Crippen molar-refractivity contribution in [1.29, 1.82) is 0 Å². The van der Waals surface area contributed by atoms with Crippen LogP contribution in [0.4, 0.5) is 5.82 Å². The lowest BCUT2D eigenvalue weighted by Gasteiger charge is -2.26. The van der Waals surface area contributed by atoms with E-state index in [1.807, 2.05) is 0 Å². The van der Waals surface area contributed by atoms with Crippen LogP contribution < -0.4 is 5.32 Å². The Morgan fingerprint density at radius 3 is 2.58 bits per heavy atom. The molecule has 2 aromatic rings. The summed E-state index contributed by atoms with van der Waals surface area (Å²) in [7, 11) is 0. The largest absolute Gasteiger partial charge is 0.379 e. The van der Waals surface area contributed by atoms with E-state index in [1.165, 1.54) is 36.0 Å². The number of aryl methyl sites for hydroxylation is 1. The summed E-state index contributed by atoms with van der Waals surface area (Å²) in [5.74, 6) is 0.980. The van der Waals surface area contributed by atoms with Crippen molar-refractivity contribution in [3.63, 3.8) is 0 Å². The van der Waals surface area contributed by atoms with Gasteiger partial charge in [-0.1, -0.05) is 44.0 Å². The highest BCUT2D eigenvalue weighted by Gasteiger charge is 2.11. The number of unbranched alkanes of at least 4 members (excludes halogenated alkanes) is 2. The van der Waals surface area contributed by atoms with Crippen molar-refractivity contribution in [3.8, 4) is 11.3 Å². The summed E-state index contributed by atoms with van der Waals surface area (Å²) in [5.41, 5.74) is 4.81. The fraction of sp³-hybridized carbons (Fsp3) is 0.500. The molecule has 0 unspecified atom stereocenters. The lowest BCUT2D eigenvalue weighted by atomic mass is 10.1. The number of ether oxygens (including phenoxy) is 1. The Balaban J connectivity index is 1.65. The topological polar surface area (TPSA) is 37.4 Å². The highest BCUT2D eigenvalue weighted by molar-refractivity contribution is 5.62. The molecule has 0 radical (unpaired) electrons. The van der Waals surface area contributed by atoms with Crippen LogP contribution in [0.25, 0.3) is 11.3 Å². The fourth-order valence-electron chi connectivity index (χ4n) is 3.30. The highest BCUT2D eigenvalue weighted by atomic mass is 16.5. The minimum absolute atomic E-state index is 0.847. The van der Waals surface area contributed by atoms with Crippen LogP contribution >= 0.6 is 0 Å². The number of hydrogen-bond acceptors (Lipinski definition) is 4. The molecule has 26 heavy (non-hydrogen) atoms. The Hall–Kier alpha value is -1.91. The highest BCUT2D eigenvalue weighted by Crippen LogP contribution is 2.22. The Bertz CT molecular complexity index is 678. The third kappa shape index (κ3) is 5.55. The summed E-state index contributed by atoms with van der Waals surface area (Å²) < 4.78 is 5.42. The Morgan fingerprint density at radius 1 is 1.08 bits per heavy atom. The number of aromatic nitrogens is 1. The van der Waals surface area contributed by atoms with Crippen LogP contribution in [-0.2, 0) is 11.3 Å².